The Morgan fingerprint density at radius 2 is 2.00 bits per heavy atom. The number of nitrogens with one attached hydrogen (secondary N) is 1. The molecule has 7 heteroatoms. The largest absolute Gasteiger partial charge is 0.379 e. The van der Waals surface area contributed by atoms with E-state index in [1.807, 2.05) is 11.8 Å². The van der Waals surface area contributed by atoms with E-state index in [2.05, 4.69) is 31.0 Å². The Kier molecular flexibility index (Phi) is 11.1. The number of nitrogens with zero attached hydrogens (tertiary/aromatic N) is 2. The highest BCUT2D eigenvalue weighted by molar-refractivity contribution is 14.0. The monoisotopic (exact) mass is 484 g/mol. The number of hydrogen-bond donors (Lipinski definition) is 2. The fourth-order valence-electron chi connectivity index (χ4n) is 3.54. The number of morpholine rings is 1. The van der Waals surface area contributed by atoms with E-state index in [0.29, 0.717) is 12.0 Å². The summed E-state index contributed by atoms with van der Waals surface area (Å²) in [5.41, 5.74) is 6.34. The second-order valence-electron chi connectivity index (χ2n) is 7.70. The molecule has 0 spiro atoms. The number of guanidine groups is 1. The normalized spacial score (nSPS) is 26.5. The van der Waals surface area contributed by atoms with Crippen LogP contribution in [0.15, 0.2) is 4.99 Å². The number of halogens is 1. The minimum absolute atomic E-state index is 0. The van der Waals surface area contributed by atoms with Gasteiger partial charge in [-0.3, -0.25) is 9.89 Å². The van der Waals surface area contributed by atoms with Crippen LogP contribution in [0.3, 0.4) is 0 Å². The van der Waals surface area contributed by atoms with E-state index in [1.54, 1.807) is 0 Å². The van der Waals surface area contributed by atoms with Crippen LogP contribution in [0.2, 0.25) is 0 Å². The Hall–Kier alpha value is 0.270. The first-order chi connectivity index (χ1) is 11.5. The maximum atomic E-state index is 6.16. The average molecular weight is 484 g/mol. The minimum Gasteiger partial charge on any atom is -0.379 e. The fraction of sp³-hybridized carbons (Fsp3) is 0.944. The zero-order chi connectivity index (χ0) is 17.4. The van der Waals surface area contributed by atoms with Crippen LogP contribution in [-0.4, -0.2) is 66.8 Å². The van der Waals surface area contributed by atoms with Crippen LogP contribution in [0, 0.1) is 5.92 Å². The fourth-order valence-corrected chi connectivity index (χ4v) is 5.01. The van der Waals surface area contributed by atoms with E-state index in [-0.39, 0.29) is 29.5 Å². The number of thioether (sulfide) groups is 1. The summed E-state index contributed by atoms with van der Waals surface area (Å²) in [6.45, 7) is 11.3. The average Bonchev–Trinajstić information content (AvgIpc) is 3.03. The van der Waals surface area contributed by atoms with Gasteiger partial charge >= 0.3 is 0 Å². The molecular weight excluding hydrogens is 447 g/mol. The van der Waals surface area contributed by atoms with Gasteiger partial charge in [-0.15, -0.1) is 24.0 Å². The van der Waals surface area contributed by atoms with Gasteiger partial charge in [-0.25, -0.2) is 0 Å². The molecule has 2 fully saturated rings. The molecule has 5 nitrogen and oxygen atoms in total. The molecule has 25 heavy (non-hydrogen) atoms. The SMILES string of the molecule is CC(C)CCCC(C)NC(N)=NCC1(N2CCOCC2)CCSC1.I. The predicted molar refractivity (Wildman–Crippen MR) is 120 cm³/mol. The molecule has 2 aliphatic heterocycles. The number of ether oxygens (including phenoxy) is 1. The summed E-state index contributed by atoms with van der Waals surface area (Å²) < 4.78 is 5.52. The highest BCUT2D eigenvalue weighted by Gasteiger charge is 2.40. The van der Waals surface area contributed by atoms with Gasteiger partial charge in [0.25, 0.3) is 0 Å². The van der Waals surface area contributed by atoms with Gasteiger partial charge < -0.3 is 15.8 Å². The Balaban J connectivity index is 0.00000312. The number of rotatable bonds is 8. The summed E-state index contributed by atoms with van der Waals surface area (Å²) >= 11 is 2.04. The minimum atomic E-state index is 0. The molecule has 0 aromatic carbocycles. The van der Waals surface area contributed by atoms with Gasteiger partial charge in [-0.1, -0.05) is 26.7 Å². The first-order valence-electron chi connectivity index (χ1n) is 9.49. The molecule has 2 heterocycles. The number of hydrogen-bond acceptors (Lipinski definition) is 4. The Bertz CT molecular complexity index is 397. The van der Waals surface area contributed by atoms with Crippen molar-refractivity contribution in [2.45, 2.75) is 58.0 Å². The molecule has 0 aliphatic carbocycles. The van der Waals surface area contributed by atoms with Crippen molar-refractivity contribution in [3.63, 3.8) is 0 Å². The molecular formula is C18H37IN4OS. The molecule has 0 aromatic heterocycles. The van der Waals surface area contributed by atoms with Crippen molar-refractivity contribution in [3.8, 4) is 0 Å². The highest BCUT2D eigenvalue weighted by atomic mass is 127. The molecule has 2 saturated heterocycles. The van der Waals surface area contributed by atoms with Gasteiger partial charge in [0, 0.05) is 24.9 Å². The molecule has 0 aromatic rings. The van der Waals surface area contributed by atoms with E-state index in [0.717, 1.165) is 50.9 Å². The number of nitrogens with two attached hydrogens (primary N) is 1. The van der Waals surface area contributed by atoms with E-state index in [1.165, 1.54) is 25.0 Å². The molecule has 3 N–H and O–H groups in total. The van der Waals surface area contributed by atoms with Gasteiger partial charge in [-0.2, -0.15) is 11.8 Å². The highest BCUT2D eigenvalue weighted by Crippen LogP contribution is 2.34. The van der Waals surface area contributed by atoms with Crippen LogP contribution in [-0.2, 0) is 4.74 Å². The topological polar surface area (TPSA) is 62.9 Å². The quantitative estimate of drug-likeness (QED) is 0.315. The van der Waals surface area contributed by atoms with Crippen molar-refractivity contribution in [2.24, 2.45) is 16.6 Å². The van der Waals surface area contributed by atoms with Gasteiger partial charge in [0.2, 0.25) is 0 Å². The third-order valence-electron chi connectivity index (χ3n) is 5.12. The summed E-state index contributed by atoms with van der Waals surface area (Å²) in [5.74, 6) is 3.77. The molecule has 148 valence electrons. The molecule has 0 bridgehead atoms. The zero-order valence-corrected chi connectivity index (χ0v) is 19.3. The van der Waals surface area contributed by atoms with Crippen molar-refractivity contribution >= 4 is 41.7 Å². The van der Waals surface area contributed by atoms with Crippen molar-refractivity contribution < 1.29 is 4.74 Å². The second kappa shape index (κ2) is 11.9. The smallest absolute Gasteiger partial charge is 0.188 e. The van der Waals surface area contributed by atoms with Crippen LogP contribution < -0.4 is 11.1 Å². The maximum Gasteiger partial charge on any atom is 0.188 e. The van der Waals surface area contributed by atoms with Crippen LogP contribution in [0.5, 0.6) is 0 Å². The molecule has 0 saturated carbocycles. The lowest BCUT2D eigenvalue weighted by molar-refractivity contribution is -0.0104. The summed E-state index contributed by atoms with van der Waals surface area (Å²) in [6, 6.07) is 0.393. The Labute approximate surface area is 175 Å². The van der Waals surface area contributed by atoms with Crippen LogP contribution in [0.1, 0.15) is 46.5 Å². The number of aliphatic imine (C=N–C) groups is 1. The van der Waals surface area contributed by atoms with E-state index in [4.69, 9.17) is 15.5 Å². The zero-order valence-electron chi connectivity index (χ0n) is 16.1. The van der Waals surface area contributed by atoms with E-state index >= 15 is 0 Å². The van der Waals surface area contributed by atoms with E-state index < -0.39 is 0 Å². The first-order valence-corrected chi connectivity index (χ1v) is 10.6. The van der Waals surface area contributed by atoms with Gasteiger partial charge in [-0.05, 0) is 31.4 Å². The van der Waals surface area contributed by atoms with Crippen LogP contribution in [0.4, 0.5) is 0 Å². The predicted octanol–water partition coefficient (Wildman–Crippen LogP) is 2.93. The summed E-state index contributed by atoms with van der Waals surface area (Å²) in [6.07, 6.45) is 4.88. The summed E-state index contributed by atoms with van der Waals surface area (Å²) in [4.78, 5) is 7.31. The molecule has 0 amide bonds. The molecule has 2 aliphatic rings. The maximum absolute atomic E-state index is 6.16. The lowest BCUT2D eigenvalue weighted by atomic mass is 9.96. The van der Waals surface area contributed by atoms with Gasteiger partial charge in [0.1, 0.15) is 0 Å². The van der Waals surface area contributed by atoms with Crippen molar-refractivity contribution in [1.29, 1.82) is 0 Å². The summed E-state index contributed by atoms with van der Waals surface area (Å²) in [5, 5.41) is 3.38. The second-order valence-corrected chi connectivity index (χ2v) is 8.80. The van der Waals surface area contributed by atoms with Crippen LogP contribution >= 0.6 is 35.7 Å². The van der Waals surface area contributed by atoms with Gasteiger partial charge in [0.15, 0.2) is 5.96 Å². The third kappa shape index (κ3) is 7.81. The lowest BCUT2D eigenvalue weighted by Crippen LogP contribution is -2.56. The van der Waals surface area contributed by atoms with Crippen molar-refractivity contribution in [2.75, 3.05) is 44.4 Å². The summed E-state index contributed by atoms with van der Waals surface area (Å²) in [7, 11) is 0. The van der Waals surface area contributed by atoms with Crippen molar-refractivity contribution in [3.05, 3.63) is 0 Å². The Morgan fingerprint density at radius 3 is 2.60 bits per heavy atom. The molecule has 2 unspecified atom stereocenters. The molecule has 2 atom stereocenters. The molecule has 0 radical (unpaired) electrons. The van der Waals surface area contributed by atoms with E-state index in [9.17, 15) is 0 Å². The molecule has 2 rings (SSSR count). The standard InChI is InChI=1S/C18H36N4OS.HI/c1-15(2)5-4-6-16(3)21-17(19)20-13-18(7-12-24-14-18)22-8-10-23-11-9-22;/h15-16H,4-14H2,1-3H3,(H3,19,20,21);1H. The Morgan fingerprint density at radius 1 is 1.28 bits per heavy atom. The first kappa shape index (κ1) is 23.3. The van der Waals surface area contributed by atoms with Crippen LogP contribution in [0.25, 0.3) is 0 Å². The lowest BCUT2D eigenvalue weighted by Gasteiger charge is -2.42. The van der Waals surface area contributed by atoms with Crippen molar-refractivity contribution in [1.82, 2.24) is 10.2 Å². The van der Waals surface area contributed by atoms with Gasteiger partial charge in [0.05, 0.1) is 25.3 Å². The third-order valence-corrected chi connectivity index (χ3v) is 6.36.